The number of hydrogen-bond acceptors (Lipinski definition) is 4. The van der Waals surface area contributed by atoms with Gasteiger partial charge < -0.3 is 18.8 Å². The van der Waals surface area contributed by atoms with E-state index in [9.17, 15) is 4.79 Å². The molecule has 122 valence electrons. The third-order valence-corrected chi connectivity index (χ3v) is 4.44. The van der Waals surface area contributed by atoms with E-state index in [1.807, 2.05) is 30.0 Å². The van der Waals surface area contributed by atoms with Gasteiger partial charge in [0.2, 0.25) is 0 Å². The third-order valence-electron chi connectivity index (χ3n) is 4.44. The van der Waals surface area contributed by atoms with E-state index >= 15 is 0 Å². The number of ether oxygens (including phenoxy) is 2. The van der Waals surface area contributed by atoms with Crippen LogP contribution in [0, 0.1) is 6.92 Å². The molecule has 1 amide bonds. The lowest BCUT2D eigenvalue weighted by Crippen LogP contribution is -2.28. The normalized spacial score (nSPS) is 17.3. The van der Waals surface area contributed by atoms with Crippen LogP contribution in [0.15, 0.2) is 34.9 Å². The summed E-state index contributed by atoms with van der Waals surface area (Å²) < 4.78 is 16.0. The van der Waals surface area contributed by atoms with Crippen LogP contribution in [0.2, 0.25) is 0 Å². The van der Waals surface area contributed by atoms with Gasteiger partial charge >= 0.3 is 0 Å². The number of rotatable bonds is 4. The highest BCUT2D eigenvalue weighted by molar-refractivity contribution is 5.95. The lowest BCUT2D eigenvalue weighted by Gasteiger charge is -2.18. The fraction of sp³-hybridized carbons (Fsp3) is 0.389. The molecule has 5 nitrogen and oxygen atoms in total. The van der Waals surface area contributed by atoms with E-state index in [2.05, 4.69) is 0 Å². The fourth-order valence-electron chi connectivity index (χ4n) is 3.13. The number of nitrogens with zero attached hydrogens (tertiary/aromatic N) is 1. The van der Waals surface area contributed by atoms with Crippen molar-refractivity contribution >= 4 is 5.91 Å². The Morgan fingerprint density at radius 1 is 1.26 bits per heavy atom. The average molecular weight is 315 g/mol. The first-order valence-corrected chi connectivity index (χ1v) is 7.69. The molecule has 0 N–H and O–H groups in total. The van der Waals surface area contributed by atoms with Crippen LogP contribution in [-0.4, -0.2) is 38.1 Å². The summed E-state index contributed by atoms with van der Waals surface area (Å²) in [6.45, 7) is 3.22. The largest absolute Gasteiger partial charge is 0.497 e. The second kappa shape index (κ2) is 6.36. The molecule has 1 aliphatic rings. The van der Waals surface area contributed by atoms with Gasteiger partial charge in [-0.15, -0.1) is 0 Å². The molecule has 0 bridgehead atoms. The maximum Gasteiger partial charge on any atom is 0.257 e. The van der Waals surface area contributed by atoms with Crippen LogP contribution in [0.25, 0.3) is 0 Å². The van der Waals surface area contributed by atoms with E-state index in [0.717, 1.165) is 30.0 Å². The zero-order chi connectivity index (χ0) is 16.4. The molecular weight excluding hydrogens is 294 g/mol. The molecule has 3 rings (SSSR count). The predicted octanol–water partition coefficient (Wildman–Crippen LogP) is 3.23. The van der Waals surface area contributed by atoms with Crippen molar-refractivity contribution in [2.75, 3.05) is 27.3 Å². The first-order chi connectivity index (χ1) is 11.1. The van der Waals surface area contributed by atoms with Gasteiger partial charge in [0.15, 0.2) is 0 Å². The number of carbonyl (C=O) groups is 1. The van der Waals surface area contributed by atoms with Crippen molar-refractivity contribution in [1.82, 2.24) is 4.90 Å². The molecule has 1 aromatic carbocycles. The highest BCUT2D eigenvalue weighted by atomic mass is 16.5. The van der Waals surface area contributed by atoms with Gasteiger partial charge in [0.1, 0.15) is 17.3 Å². The number of amides is 1. The van der Waals surface area contributed by atoms with Gasteiger partial charge in [-0.05, 0) is 37.6 Å². The summed E-state index contributed by atoms with van der Waals surface area (Å²) in [4.78, 5) is 14.5. The zero-order valence-electron chi connectivity index (χ0n) is 13.7. The third kappa shape index (κ3) is 2.91. The number of carbonyl (C=O) groups excluding carboxylic acids is 1. The zero-order valence-corrected chi connectivity index (χ0v) is 13.7. The van der Waals surface area contributed by atoms with Crippen LogP contribution in [0.1, 0.15) is 34.0 Å². The van der Waals surface area contributed by atoms with Crippen LogP contribution < -0.4 is 9.47 Å². The van der Waals surface area contributed by atoms with Gasteiger partial charge in [0.25, 0.3) is 5.91 Å². The van der Waals surface area contributed by atoms with Crippen molar-refractivity contribution in [3.05, 3.63) is 47.4 Å². The second-order valence-corrected chi connectivity index (χ2v) is 5.74. The number of likely N-dealkylation sites (tertiary alicyclic amines) is 1. The lowest BCUT2D eigenvalue weighted by molar-refractivity contribution is 0.0789. The molecule has 5 heteroatoms. The minimum Gasteiger partial charge on any atom is -0.497 e. The van der Waals surface area contributed by atoms with Gasteiger partial charge in [-0.25, -0.2) is 0 Å². The number of aryl methyl sites for hydroxylation is 1. The van der Waals surface area contributed by atoms with Gasteiger partial charge in [0, 0.05) is 24.6 Å². The van der Waals surface area contributed by atoms with E-state index in [0.29, 0.717) is 17.9 Å². The molecule has 2 heterocycles. The Morgan fingerprint density at radius 2 is 2.09 bits per heavy atom. The van der Waals surface area contributed by atoms with Gasteiger partial charge in [-0.2, -0.15) is 0 Å². The van der Waals surface area contributed by atoms with E-state index in [4.69, 9.17) is 13.9 Å². The molecule has 0 spiro atoms. The van der Waals surface area contributed by atoms with Crippen molar-refractivity contribution < 1.29 is 18.7 Å². The van der Waals surface area contributed by atoms with Crippen molar-refractivity contribution in [3.63, 3.8) is 0 Å². The summed E-state index contributed by atoms with van der Waals surface area (Å²) in [5, 5.41) is 0. The minimum absolute atomic E-state index is 0.0283. The molecule has 0 saturated carbocycles. The molecule has 1 saturated heterocycles. The summed E-state index contributed by atoms with van der Waals surface area (Å²) >= 11 is 0. The maximum absolute atomic E-state index is 12.6. The average Bonchev–Trinajstić information content (AvgIpc) is 3.22. The van der Waals surface area contributed by atoms with Crippen molar-refractivity contribution in [3.8, 4) is 11.5 Å². The topological polar surface area (TPSA) is 51.9 Å². The van der Waals surface area contributed by atoms with Crippen LogP contribution in [-0.2, 0) is 0 Å². The molecule has 23 heavy (non-hydrogen) atoms. The number of hydrogen-bond donors (Lipinski definition) is 0. The van der Waals surface area contributed by atoms with E-state index in [1.165, 1.54) is 0 Å². The number of benzene rings is 1. The summed E-state index contributed by atoms with van der Waals surface area (Å²) in [6, 6.07) is 7.53. The first-order valence-electron chi connectivity index (χ1n) is 7.69. The Bertz CT molecular complexity index is 707. The first kappa shape index (κ1) is 15.5. The standard InChI is InChI=1S/C18H21NO4/c1-12-15(7-9-23-12)18(20)19-8-6-13(11-19)16-10-14(21-2)4-5-17(16)22-3/h4-5,7,9-10,13H,6,8,11H2,1-3H3. The molecule has 1 aliphatic heterocycles. The highest BCUT2D eigenvalue weighted by Crippen LogP contribution is 2.36. The summed E-state index contributed by atoms with van der Waals surface area (Å²) in [7, 11) is 3.32. The maximum atomic E-state index is 12.6. The Kier molecular flexibility index (Phi) is 4.28. The predicted molar refractivity (Wildman–Crippen MR) is 86.3 cm³/mol. The summed E-state index contributed by atoms with van der Waals surface area (Å²) in [6.07, 6.45) is 2.47. The Labute approximate surface area is 135 Å². The van der Waals surface area contributed by atoms with Gasteiger partial charge in [-0.3, -0.25) is 4.79 Å². The molecule has 1 atom stereocenters. The van der Waals surface area contributed by atoms with Gasteiger partial charge in [-0.1, -0.05) is 0 Å². The molecule has 1 aromatic heterocycles. The SMILES string of the molecule is COc1ccc(OC)c(C2CCN(C(=O)c3ccoc3C)C2)c1. The van der Waals surface area contributed by atoms with Crippen molar-refractivity contribution in [2.24, 2.45) is 0 Å². The minimum atomic E-state index is 0.0283. The highest BCUT2D eigenvalue weighted by Gasteiger charge is 2.31. The Balaban J connectivity index is 1.80. The van der Waals surface area contributed by atoms with E-state index < -0.39 is 0 Å². The second-order valence-electron chi connectivity index (χ2n) is 5.74. The van der Waals surface area contributed by atoms with Crippen LogP contribution in [0.3, 0.4) is 0 Å². The smallest absolute Gasteiger partial charge is 0.257 e. The fourth-order valence-corrected chi connectivity index (χ4v) is 3.13. The van der Waals surface area contributed by atoms with E-state index in [1.54, 1.807) is 26.5 Å². The molecular formula is C18H21NO4. The molecule has 0 radical (unpaired) electrons. The molecule has 0 aliphatic carbocycles. The molecule has 1 unspecified atom stereocenters. The lowest BCUT2D eigenvalue weighted by atomic mass is 9.97. The Morgan fingerprint density at radius 3 is 2.74 bits per heavy atom. The number of furan rings is 1. The summed E-state index contributed by atoms with van der Waals surface area (Å²) in [5.74, 6) is 2.58. The van der Waals surface area contributed by atoms with Crippen molar-refractivity contribution in [1.29, 1.82) is 0 Å². The van der Waals surface area contributed by atoms with Crippen molar-refractivity contribution in [2.45, 2.75) is 19.3 Å². The summed E-state index contributed by atoms with van der Waals surface area (Å²) in [5.41, 5.74) is 1.73. The van der Waals surface area contributed by atoms with Gasteiger partial charge in [0.05, 0.1) is 26.0 Å². The van der Waals surface area contributed by atoms with Crippen LogP contribution in [0.4, 0.5) is 0 Å². The molecule has 2 aromatic rings. The molecule has 1 fully saturated rings. The number of methoxy groups -OCH3 is 2. The van der Waals surface area contributed by atoms with E-state index in [-0.39, 0.29) is 11.8 Å². The van der Waals surface area contributed by atoms with Crippen LogP contribution in [0.5, 0.6) is 11.5 Å². The Hall–Kier alpha value is -2.43. The van der Waals surface area contributed by atoms with Crippen LogP contribution >= 0.6 is 0 Å². The monoisotopic (exact) mass is 315 g/mol. The quantitative estimate of drug-likeness (QED) is 0.869.